The molecule has 1 fully saturated rings. The van der Waals surface area contributed by atoms with E-state index in [1.165, 1.54) is 25.1 Å². The fourth-order valence-electron chi connectivity index (χ4n) is 3.49. The fraction of sp³-hybridized carbons (Fsp3) is 0.478. The van der Waals surface area contributed by atoms with Gasteiger partial charge in [0.15, 0.2) is 5.96 Å². The summed E-state index contributed by atoms with van der Waals surface area (Å²) >= 11 is 0. The summed E-state index contributed by atoms with van der Waals surface area (Å²) < 4.78 is 18.6. The fourth-order valence-corrected chi connectivity index (χ4v) is 3.49. The average molecular weight is 414 g/mol. The van der Waals surface area contributed by atoms with E-state index in [-0.39, 0.29) is 5.82 Å². The first-order valence-corrected chi connectivity index (χ1v) is 10.8. The normalized spacial score (nSPS) is 15.8. The van der Waals surface area contributed by atoms with Crippen LogP contribution in [-0.2, 0) is 6.54 Å². The van der Waals surface area contributed by atoms with Crippen LogP contribution in [-0.4, -0.2) is 48.1 Å². The van der Waals surface area contributed by atoms with Crippen molar-refractivity contribution in [1.29, 1.82) is 0 Å². The second-order valence-electron chi connectivity index (χ2n) is 7.52. The molecule has 0 radical (unpaired) electrons. The second-order valence-corrected chi connectivity index (χ2v) is 7.52. The monoisotopic (exact) mass is 413 g/mol. The molecular formula is C23H32FN5O. The van der Waals surface area contributed by atoms with E-state index in [1.807, 2.05) is 6.07 Å². The van der Waals surface area contributed by atoms with Crippen molar-refractivity contribution in [2.45, 2.75) is 45.7 Å². The zero-order valence-electron chi connectivity index (χ0n) is 17.9. The van der Waals surface area contributed by atoms with E-state index in [9.17, 15) is 4.39 Å². The van der Waals surface area contributed by atoms with Crippen LogP contribution in [0, 0.1) is 5.82 Å². The molecule has 0 unspecified atom stereocenters. The van der Waals surface area contributed by atoms with Crippen LogP contribution < -0.4 is 15.4 Å². The molecule has 1 aromatic heterocycles. The highest BCUT2D eigenvalue weighted by molar-refractivity contribution is 5.80. The van der Waals surface area contributed by atoms with Gasteiger partial charge in [-0.1, -0.05) is 13.0 Å². The number of piperidine rings is 1. The quantitative estimate of drug-likeness (QED) is 0.507. The van der Waals surface area contributed by atoms with Gasteiger partial charge in [0.05, 0.1) is 6.54 Å². The Bertz CT molecular complexity index is 786. The first kappa shape index (κ1) is 22.0. The van der Waals surface area contributed by atoms with E-state index >= 15 is 0 Å². The van der Waals surface area contributed by atoms with E-state index in [2.05, 4.69) is 34.4 Å². The molecular weight excluding hydrogens is 381 g/mol. The number of hydrogen-bond donors (Lipinski definition) is 2. The lowest BCUT2D eigenvalue weighted by atomic mass is 10.1. The predicted molar refractivity (Wildman–Crippen MR) is 118 cm³/mol. The van der Waals surface area contributed by atoms with Gasteiger partial charge in [0, 0.05) is 37.9 Å². The molecule has 162 valence electrons. The first-order chi connectivity index (χ1) is 14.7. The van der Waals surface area contributed by atoms with Crippen molar-refractivity contribution in [2.24, 2.45) is 4.99 Å². The van der Waals surface area contributed by atoms with Gasteiger partial charge in [0.1, 0.15) is 11.6 Å². The number of rotatable bonds is 8. The number of aliphatic imine (C=N–C) groups is 1. The molecule has 2 N–H and O–H groups in total. The van der Waals surface area contributed by atoms with Gasteiger partial charge in [-0.05, 0) is 62.6 Å². The number of nitrogens with one attached hydrogen (secondary N) is 2. The van der Waals surface area contributed by atoms with E-state index < -0.39 is 0 Å². The lowest BCUT2D eigenvalue weighted by Crippen LogP contribution is -2.48. The lowest BCUT2D eigenvalue weighted by molar-refractivity contribution is 0.206. The number of benzene rings is 1. The molecule has 1 aliphatic rings. The Labute approximate surface area is 178 Å². The van der Waals surface area contributed by atoms with Crippen molar-refractivity contribution in [2.75, 3.05) is 26.2 Å². The largest absolute Gasteiger partial charge is 0.439 e. The van der Waals surface area contributed by atoms with Gasteiger partial charge in [0.25, 0.3) is 0 Å². The highest BCUT2D eigenvalue weighted by Crippen LogP contribution is 2.19. The molecule has 0 amide bonds. The second kappa shape index (κ2) is 11.5. The molecule has 6 nitrogen and oxygen atoms in total. The van der Waals surface area contributed by atoms with Gasteiger partial charge in [0.2, 0.25) is 5.88 Å². The summed E-state index contributed by atoms with van der Waals surface area (Å²) in [7, 11) is 0. The summed E-state index contributed by atoms with van der Waals surface area (Å²) in [6.45, 7) is 9.14. The van der Waals surface area contributed by atoms with E-state index in [0.29, 0.717) is 24.2 Å². The topological polar surface area (TPSA) is 61.8 Å². The predicted octanol–water partition coefficient (Wildman–Crippen LogP) is 3.94. The molecule has 7 heteroatoms. The summed E-state index contributed by atoms with van der Waals surface area (Å²) in [5, 5.41) is 6.91. The van der Waals surface area contributed by atoms with Crippen LogP contribution in [0.25, 0.3) is 0 Å². The number of pyridine rings is 1. The van der Waals surface area contributed by atoms with Crippen molar-refractivity contribution < 1.29 is 9.13 Å². The Morgan fingerprint density at radius 2 is 1.93 bits per heavy atom. The van der Waals surface area contributed by atoms with Crippen LogP contribution in [0.5, 0.6) is 11.6 Å². The lowest BCUT2D eigenvalue weighted by Gasteiger charge is -2.32. The highest BCUT2D eigenvalue weighted by atomic mass is 19.1. The van der Waals surface area contributed by atoms with Crippen LogP contribution in [0.3, 0.4) is 0 Å². The van der Waals surface area contributed by atoms with Crippen LogP contribution in [0.2, 0.25) is 0 Å². The SMILES string of the molecule is CCCN1CCC(NC(=NCc2ccc(Oc3ccc(F)cc3)nc2)NCC)CC1. The molecule has 0 saturated carbocycles. The minimum atomic E-state index is -0.292. The first-order valence-electron chi connectivity index (χ1n) is 10.8. The van der Waals surface area contributed by atoms with Crippen molar-refractivity contribution >= 4 is 5.96 Å². The van der Waals surface area contributed by atoms with Crippen LogP contribution in [0.4, 0.5) is 4.39 Å². The maximum atomic E-state index is 13.0. The number of aromatic nitrogens is 1. The van der Waals surface area contributed by atoms with Crippen molar-refractivity contribution in [3.8, 4) is 11.6 Å². The van der Waals surface area contributed by atoms with E-state index in [0.717, 1.165) is 44.0 Å². The molecule has 0 spiro atoms. The third kappa shape index (κ3) is 6.99. The highest BCUT2D eigenvalue weighted by Gasteiger charge is 2.19. The molecule has 1 aliphatic heterocycles. The molecule has 3 rings (SSSR count). The van der Waals surface area contributed by atoms with Gasteiger partial charge in [-0.15, -0.1) is 0 Å². The Hall–Kier alpha value is -2.67. The third-order valence-corrected chi connectivity index (χ3v) is 5.07. The minimum Gasteiger partial charge on any atom is -0.439 e. The molecule has 0 bridgehead atoms. The third-order valence-electron chi connectivity index (χ3n) is 5.07. The van der Waals surface area contributed by atoms with Crippen molar-refractivity contribution in [3.63, 3.8) is 0 Å². The van der Waals surface area contributed by atoms with Crippen LogP contribution in [0.1, 0.15) is 38.7 Å². The molecule has 30 heavy (non-hydrogen) atoms. The molecule has 1 saturated heterocycles. The molecule has 2 heterocycles. The molecule has 2 aromatic rings. The van der Waals surface area contributed by atoms with Gasteiger partial charge in [-0.2, -0.15) is 0 Å². The molecule has 0 atom stereocenters. The maximum Gasteiger partial charge on any atom is 0.219 e. The Kier molecular flexibility index (Phi) is 8.44. The van der Waals surface area contributed by atoms with Gasteiger partial charge in [-0.25, -0.2) is 14.4 Å². The number of hydrogen-bond acceptors (Lipinski definition) is 4. The van der Waals surface area contributed by atoms with Crippen molar-refractivity contribution in [1.82, 2.24) is 20.5 Å². The Morgan fingerprint density at radius 3 is 2.57 bits per heavy atom. The summed E-state index contributed by atoms with van der Waals surface area (Å²) in [5.74, 6) is 1.58. The standard InChI is InChI=1S/C23H32FN5O/c1-3-13-29-14-11-20(12-15-29)28-23(25-4-2)27-17-18-5-10-22(26-16-18)30-21-8-6-19(24)7-9-21/h5-10,16,20H,3-4,11-15,17H2,1-2H3,(H2,25,27,28). The number of ether oxygens (including phenoxy) is 1. The minimum absolute atomic E-state index is 0.292. The molecule has 0 aliphatic carbocycles. The smallest absolute Gasteiger partial charge is 0.219 e. The van der Waals surface area contributed by atoms with Gasteiger partial charge < -0.3 is 20.3 Å². The number of halogens is 1. The Morgan fingerprint density at radius 1 is 1.17 bits per heavy atom. The summed E-state index contributed by atoms with van der Waals surface area (Å²) in [6, 6.07) is 10.1. The molecule has 1 aromatic carbocycles. The van der Waals surface area contributed by atoms with Crippen LogP contribution >= 0.6 is 0 Å². The number of nitrogens with zero attached hydrogens (tertiary/aromatic N) is 3. The number of likely N-dealkylation sites (tertiary alicyclic amines) is 1. The van der Waals surface area contributed by atoms with Gasteiger partial charge >= 0.3 is 0 Å². The van der Waals surface area contributed by atoms with Gasteiger partial charge in [-0.3, -0.25) is 0 Å². The number of guanidine groups is 1. The average Bonchev–Trinajstić information content (AvgIpc) is 2.76. The van der Waals surface area contributed by atoms with Crippen molar-refractivity contribution in [3.05, 3.63) is 54.0 Å². The maximum absolute atomic E-state index is 13.0. The van der Waals surface area contributed by atoms with E-state index in [1.54, 1.807) is 24.4 Å². The zero-order valence-corrected chi connectivity index (χ0v) is 17.9. The summed E-state index contributed by atoms with van der Waals surface area (Å²) in [6.07, 6.45) is 5.25. The Balaban J connectivity index is 1.52. The zero-order chi connectivity index (χ0) is 21.2. The van der Waals surface area contributed by atoms with E-state index in [4.69, 9.17) is 9.73 Å². The van der Waals surface area contributed by atoms with Crippen LogP contribution in [0.15, 0.2) is 47.6 Å². The summed E-state index contributed by atoms with van der Waals surface area (Å²) in [4.78, 5) is 11.6. The summed E-state index contributed by atoms with van der Waals surface area (Å²) in [5.41, 5.74) is 0.997.